The second-order valence-corrected chi connectivity index (χ2v) is 4.80. The van der Waals surface area contributed by atoms with Crippen LogP contribution in [-0.2, 0) is 11.2 Å². The molecule has 4 nitrogen and oxygen atoms in total. The molecule has 2 atom stereocenters. The molecular formula is C13H22N2O2. The first kappa shape index (κ1) is 13.8. The summed E-state index contributed by atoms with van der Waals surface area (Å²) in [5.41, 5.74) is 5.77. The van der Waals surface area contributed by atoms with Crippen LogP contribution in [0.4, 0.5) is 0 Å². The van der Waals surface area contributed by atoms with Gasteiger partial charge in [-0.05, 0) is 31.4 Å². The van der Waals surface area contributed by atoms with Gasteiger partial charge in [-0.25, -0.2) is 0 Å². The number of rotatable bonds is 6. The van der Waals surface area contributed by atoms with Crippen molar-refractivity contribution in [2.45, 2.75) is 45.7 Å². The van der Waals surface area contributed by atoms with E-state index in [9.17, 15) is 4.79 Å². The highest BCUT2D eigenvalue weighted by Gasteiger charge is 2.18. The van der Waals surface area contributed by atoms with Gasteiger partial charge in [-0.1, -0.05) is 13.8 Å². The second-order valence-electron chi connectivity index (χ2n) is 4.80. The SMILES string of the molecule is CC(CCc1ccco1)NC(=O)[C@@H](N)C(C)C. The van der Waals surface area contributed by atoms with E-state index >= 15 is 0 Å². The van der Waals surface area contributed by atoms with Crippen molar-refractivity contribution < 1.29 is 9.21 Å². The molecule has 0 saturated heterocycles. The molecule has 0 spiro atoms. The van der Waals surface area contributed by atoms with E-state index in [4.69, 9.17) is 10.2 Å². The molecule has 3 N–H and O–H groups in total. The number of carbonyl (C=O) groups excluding carboxylic acids is 1. The van der Waals surface area contributed by atoms with Crippen LogP contribution in [0.5, 0.6) is 0 Å². The van der Waals surface area contributed by atoms with Gasteiger partial charge in [-0.15, -0.1) is 0 Å². The minimum atomic E-state index is -0.430. The molecule has 0 aliphatic carbocycles. The summed E-state index contributed by atoms with van der Waals surface area (Å²) in [6.07, 6.45) is 3.34. The van der Waals surface area contributed by atoms with Crippen molar-refractivity contribution >= 4 is 5.91 Å². The minimum absolute atomic E-state index is 0.0769. The van der Waals surface area contributed by atoms with Crippen molar-refractivity contribution in [1.29, 1.82) is 0 Å². The molecule has 0 bridgehead atoms. The van der Waals surface area contributed by atoms with E-state index in [1.165, 1.54) is 0 Å². The summed E-state index contributed by atoms with van der Waals surface area (Å²) < 4.78 is 5.24. The Morgan fingerprint density at radius 2 is 2.18 bits per heavy atom. The number of nitrogens with one attached hydrogen (secondary N) is 1. The molecule has 0 aromatic carbocycles. The summed E-state index contributed by atoms with van der Waals surface area (Å²) >= 11 is 0. The fraction of sp³-hybridized carbons (Fsp3) is 0.615. The first-order valence-electron chi connectivity index (χ1n) is 6.09. The third-order valence-electron chi connectivity index (χ3n) is 2.81. The number of amides is 1. The Labute approximate surface area is 103 Å². The molecule has 0 aliphatic rings. The largest absolute Gasteiger partial charge is 0.469 e. The zero-order valence-corrected chi connectivity index (χ0v) is 10.8. The van der Waals surface area contributed by atoms with Crippen molar-refractivity contribution in [1.82, 2.24) is 5.32 Å². The quantitative estimate of drug-likeness (QED) is 0.792. The van der Waals surface area contributed by atoms with E-state index in [1.807, 2.05) is 32.9 Å². The molecule has 1 aromatic heterocycles. The Hall–Kier alpha value is -1.29. The lowest BCUT2D eigenvalue weighted by Gasteiger charge is -2.19. The first-order chi connectivity index (χ1) is 8.00. The van der Waals surface area contributed by atoms with E-state index in [0.717, 1.165) is 18.6 Å². The van der Waals surface area contributed by atoms with Crippen LogP contribution in [0.1, 0.15) is 33.0 Å². The van der Waals surface area contributed by atoms with Gasteiger partial charge in [-0.2, -0.15) is 0 Å². The third-order valence-corrected chi connectivity index (χ3v) is 2.81. The van der Waals surface area contributed by atoms with E-state index < -0.39 is 6.04 Å². The average Bonchev–Trinajstić information content (AvgIpc) is 2.77. The molecule has 1 rings (SSSR count). The summed E-state index contributed by atoms with van der Waals surface area (Å²) in [5, 5.41) is 2.92. The standard InChI is InChI=1S/C13H22N2O2/c1-9(2)12(14)13(16)15-10(3)6-7-11-5-4-8-17-11/h4-5,8-10,12H,6-7,14H2,1-3H3,(H,15,16)/t10?,12-/m0/s1. The zero-order chi connectivity index (χ0) is 12.8. The number of nitrogens with two attached hydrogens (primary N) is 1. The molecule has 0 fully saturated rings. The van der Waals surface area contributed by atoms with Gasteiger partial charge in [0.15, 0.2) is 0 Å². The molecule has 1 aromatic rings. The van der Waals surface area contributed by atoms with E-state index in [0.29, 0.717) is 0 Å². The van der Waals surface area contributed by atoms with Crippen molar-refractivity contribution in [2.75, 3.05) is 0 Å². The summed E-state index contributed by atoms with van der Waals surface area (Å²) in [6, 6.07) is 3.49. The van der Waals surface area contributed by atoms with Gasteiger partial charge >= 0.3 is 0 Å². The summed E-state index contributed by atoms with van der Waals surface area (Å²) in [7, 11) is 0. The Kier molecular flexibility index (Phi) is 5.22. The van der Waals surface area contributed by atoms with Crippen molar-refractivity contribution in [2.24, 2.45) is 11.7 Å². The molecule has 1 unspecified atom stereocenters. The van der Waals surface area contributed by atoms with Gasteiger partial charge in [0.25, 0.3) is 0 Å². The van der Waals surface area contributed by atoms with Crippen molar-refractivity contribution in [3.8, 4) is 0 Å². The van der Waals surface area contributed by atoms with Gasteiger partial charge in [0.2, 0.25) is 5.91 Å². The van der Waals surface area contributed by atoms with Crippen LogP contribution in [0.25, 0.3) is 0 Å². The molecule has 17 heavy (non-hydrogen) atoms. The Bertz CT molecular complexity index is 333. The smallest absolute Gasteiger partial charge is 0.237 e. The van der Waals surface area contributed by atoms with Crippen molar-refractivity contribution in [3.05, 3.63) is 24.2 Å². The van der Waals surface area contributed by atoms with Crippen LogP contribution in [0.15, 0.2) is 22.8 Å². The van der Waals surface area contributed by atoms with Gasteiger partial charge < -0.3 is 15.5 Å². The van der Waals surface area contributed by atoms with E-state index in [2.05, 4.69) is 5.32 Å². The average molecular weight is 238 g/mol. The molecule has 4 heteroatoms. The Morgan fingerprint density at radius 1 is 1.47 bits per heavy atom. The highest BCUT2D eigenvalue weighted by atomic mass is 16.3. The number of furan rings is 1. The molecule has 0 saturated carbocycles. The van der Waals surface area contributed by atoms with Gasteiger partial charge in [0.05, 0.1) is 12.3 Å². The van der Waals surface area contributed by atoms with E-state index in [1.54, 1.807) is 6.26 Å². The van der Waals surface area contributed by atoms with E-state index in [-0.39, 0.29) is 17.9 Å². The third kappa shape index (κ3) is 4.61. The fourth-order valence-electron chi connectivity index (χ4n) is 1.53. The number of hydrogen-bond donors (Lipinski definition) is 2. The molecule has 96 valence electrons. The number of hydrogen-bond acceptors (Lipinski definition) is 3. The zero-order valence-electron chi connectivity index (χ0n) is 10.8. The van der Waals surface area contributed by atoms with Crippen LogP contribution in [0.3, 0.4) is 0 Å². The lowest BCUT2D eigenvalue weighted by Crippen LogP contribution is -2.47. The molecule has 0 radical (unpaired) electrons. The second kappa shape index (κ2) is 6.45. The van der Waals surface area contributed by atoms with Crippen LogP contribution in [0, 0.1) is 5.92 Å². The topological polar surface area (TPSA) is 68.3 Å². The molecule has 1 amide bonds. The summed E-state index contributed by atoms with van der Waals surface area (Å²) in [6.45, 7) is 5.86. The van der Waals surface area contributed by atoms with Crippen LogP contribution >= 0.6 is 0 Å². The Balaban J connectivity index is 2.29. The fourth-order valence-corrected chi connectivity index (χ4v) is 1.53. The monoisotopic (exact) mass is 238 g/mol. The minimum Gasteiger partial charge on any atom is -0.469 e. The number of carbonyl (C=O) groups is 1. The lowest BCUT2D eigenvalue weighted by atomic mass is 10.0. The predicted molar refractivity (Wildman–Crippen MR) is 67.4 cm³/mol. The maximum Gasteiger partial charge on any atom is 0.237 e. The maximum atomic E-state index is 11.7. The highest BCUT2D eigenvalue weighted by molar-refractivity contribution is 5.81. The van der Waals surface area contributed by atoms with Crippen molar-refractivity contribution in [3.63, 3.8) is 0 Å². The van der Waals surface area contributed by atoms with Crippen LogP contribution < -0.4 is 11.1 Å². The van der Waals surface area contributed by atoms with Gasteiger partial charge in [-0.3, -0.25) is 4.79 Å². The van der Waals surface area contributed by atoms with Gasteiger partial charge in [0.1, 0.15) is 5.76 Å². The summed E-state index contributed by atoms with van der Waals surface area (Å²) in [5.74, 6) is 1.03. The Morgan fingerprint density at radius 3 is 2.71 bits per heavy atom. The molecule has 0 aliphatic heterocycles. The first-order valence-corrected chi connectivity index (χ1v) is 6.09. The predicted octanol–water partition coefficient (Wildman–Crippen LogP) is 1.70. The van der Waals surface area contributed by atoms with Crippen LogP contribution in [0.2, 0.25) is 0 Å². The molecular weight excluding hydrogens is 216 g/mol. The lowest BCUT2D eigenvalue weighted by molar-refractivity contribution is -0.123. The normalized spacial score (nSPS) is 14.6. The van der Waals surface area contributed by atoms with Crippen LogP contribution in [-0.4, -0.2) is 18.0 Å². The van der Waals surface area contributed by atoms with Gasteiger partial charge in [0, 0.05) is 12.5 Å². The summed E-state index contributed by atoms with van der Waals surface area (Å²) in [4.78, 5) is 11.7. The number of aryl methyl sites for hydroxylation is 1. The molecule has 1 heterocycles. The maximum absolute atomic E-state index is 11.7. The highest BCUT2D eigenvalue weighted by Crippen LogP contribution is 2.06.